The van der Waals surface area contributed by atoms with Crippen molar-refractivity contribution >= 4 is 5.82 Å². The van der Waals surface area contributed by atoms with Crippen LogP contribution in [0.4, 0.5) is 5.82 Å². The second kappa shape index (κ2) is 7.97. The van der Waals surface area contributed by atoms with E-state index in [1.165, 1.54) is 12.8 Å². The quantitative estimate of drug-likeness (QED) is 0.732. The van der Waals surface area contributed by atoms with E-state index in [1.54, 1.807) is 31.0 Å². The summed E-state index contributed by atoms with van der Waals surface area (Å²) >= 11 is 0. The van der Waals surface area contributed by atoms with Gasteiger partial charge < -0.3 is 10.6 Å². The third kappa shape index (κ3) is 4.00. The van der Waals surface area contributed by atoms with Gasteiger partial charge in [0.1, 0.15) is 11.5 Å². The maximum absolute atomic E-state index is 4.67. The molecule has 1 fully saturated rings. The molecule has 0 amide bonds. The van der Waals surface area contributed by atoms with Gasteiger partial charge in [0.2, 0.25) is 0 Å². The second-order valence-electron chi connectivity index (χ2n) is 6.37. The van der Waals surface area contributed by atoms with Crippen molar-refractivity contribution in [1.82, 2.24) is 30.2 Å². The summed E-state index contributed by atoms with van der Waals surface area (Å²) in [6.07, 6.45) is 10.9. The molecule has 1 aliphatic heterocycles. The minimum Gasteiger partial charge on any atom is -0.370 e. The van der Waals surface area contributed by atoms with Gasteiger partial charge in [-0.3, -0.25) is 9.97 Å². The first-order valence-electron chi connectivity index (χ1n) is 8.89. The van der Waals surface area contributed by atoms with Crippen LogP contribution in [0, 0.1) is 5.92 Å². The predicted octanol–water partition coefficient (Wildman–Crippen LogP) is 2.41. The van der Waals surface area contributed by atoms with Gasteiger partial charge in [-0.1, -0.05) is 0 Å². The first kappa shape index (κ1) is 16.5. The smallest absolute Gasteiger partial charge is 0.182 e. The van der Waals surface area contributed by atoms with Gasteiger partial charge in [-0.05, 0) is 44.0 Å². The fourth-order valence-corrected chi connectivity index (χ4v) is 3.06. The molecular formula is C19H21N7. The summed E-state index contributed by atoms with van der Waals surface area (Å²) in [4.78, 5) is 22.0. The second-order valence-corrected chi connectivity index (χ2v) is 6.37. The zero-order valence-corrected chi connectivity index (χ0v) is 14.5. The monoisotopic (exact) mass is 347 g/mol. The van der Waals surface area contributed by atoms with Crippen LogP contribution in [0.5, 0.6) is 0 Å². The fourth-order valence-electron chi connectivity index (χ4n) is 3.06. The summed E-state index contributed by atoms with van der Waals surface area (Å²) < 4.78 is 0. The van der Waals surface area contributed by atoms with Gasteiger partial charge in [-0.15, -0.1) is 0 Å². The Kier molecular flexibility index (Phi) is 5.07. The molecule has 0 saturated carbocycles. The summed E-state index contributed by atoms with van der Waals surface area (Å²) in [5.74, 6) is 2.03. The fraction of sp³-hybridized carbons (Fsp3) is 0.316. The Morgan fingerprint density at radius 3 is 2.65 bits per heavy atom. The van der Waals surface area contributed by atoms with Crippen molar-refractivity contribution in [2.24, 2.45) is 5.92 Å². The van der Waals surface area contributed by atoms with Crippen molar-refractivity contribution in [3.8, 4) is 22.8 Å². The average Bonchev–Trinajstić information content (AvgIpc) is 2.74. The van der Waals surface area contributed by atoms with Crippen molar-refractivity contribution in [3.63, 3.8) is 0 Å². The molecule has 7 nitrogen and oxygen atoms in total. The minimum atomic E-state index is 0.562. The summed E-state index contributed by atoms with van der Waals surface area (Å²) in [5.41, 5.74) is 2.43. The first-order chi connectivity index (χ1) is 12.9. The summed E-state index contributed by atoms with van der Waals surface area (Å²) in [6.45, 7) is 3.08. The highest BCUT2D eigenvalue weighted by Gasteiger charge is 2.14. The number of aromatic nitrogens is 5. The van der Waals surface area contributed by atoms with Gasteiger partial charge in [0, 0.05) is 43.0 Å². The Labute approximate surface area is 152 Å². The zero-order chi connectivity index (χ0) is 17.6. The van der Waals surface area contributed by atoms with Crippen molar-refractivity contribution in [1.29, 1.82) is 0 Å². The highest BCUT2D eigenvalue weighted by Crippen LogP contribution is 2.23. The highest BCUT2D eigenvalue weighted by atomic mass is 15.0. The molecule has 132 valence electrons. The molecule has 1 aliphatic rings. The van der Waals surface area contributed by atoms with Crippen LogP contribution in [-0.4, -0.2) is 44.6 Å². The Balaban J connectivity index is 1.64. The maximum atomic E-state index is 4.67. The van der Waals surface area contributed by atoms with Gasteiger partial charge in [0.15, 0.2) is 5.82 Å². The number of anilines is 1. The number of nitrogens with zero attached hydrogens (tertiary/aromatic N) is 5. The lowest BCUT2D eigenvalue weighted by molar-refractivity contribution is 0.389. The van der Waals surface area contributed by atoms with Crippen LogP contribution in [0.1, 0.15) is 12.8 Å². The molecule has 26 heavy (non-hydrogen) atoms. The minimum absolute atomic E-state index is 0.562. The lowest BCUT2D eigenvalue weighted by Gasteiger charge is -2.23. The van der Waals surface area contributed by atoms with E-state index in [0.717, 1.165) is 36.7 Å². The number of piperidine rings is 1. The average molecular weight is 347 g/mol. The van der Waals surface area contributed by atoms with E-state index in [2.05, 4.69) is 35.6 Å². The Hall–Kier alpha value is -2.93. The Bertz CT molecular complexity index is 775. The Morgan fingerprint density at radius 1 is 1.00 bits per heavy atom. The topological polar surface area (TPSA) is 88.5 Å². The molecule has 1 saturated heterocycles. The van der Waals surface area contributed by atoms with E-state index < -0.39 is 0 Å². The Morgan fingerprint density at radius 2 is 1.88 bits per heavy atom. The molecule has 0 bridgehead atoms. The van der Waals surface area contributed by atoms with Gasteiger partial charge in [-0.2, -0.15) is 0 Å². The van der Waals surface area contributed by atoms with E-state index in [1.807, 2.05) is 18.2 Å². The van der Waals surface area contributed by atoms with Crippen LogP contribution in [0.25, 0.3) is 22.8 Å². The van der Waals surface area contributed by atoms with E-state index >= 15 is 0 Å². The predicted molar refractivity (Wildman–Crippen MR) is 100 cm³/mol. The zero-order valence-electron chi connectivity index (χ0n) is 14.5. The van der Waals surface area contributed by atoms with Gasteiger partial charge >= 0.3 is 0 Å². The first-order valence-corrected chi connectivity index (χ1v) is 8.89. The van der Waals surface area contributed by atoms with Gasteiger partial charge in [-0.25, -0.2) is 15.0 Å². The van der Waals surface area contributed by atoms with Crippen LogP contribution in [0.3, 0.4) is 0 Å². The molecule has 0 atom stereocenters. The highest BCUT2D eigenvalue weighted by molar-refractivity contribution is 5.65. The van der Waals surface area contributed by atoms with Crippen molar-refractivity contribution in [2.45, 2.75) is 12.8 Å². The lowest BCUT2D eigenvalue weighted by Crippen LogP contribution is -2.31. The molecule has 7 heteroatoms. The standard InChI is InChI=1S/C19H21N7/c1-2-15(12-21-5-1)16-10-18(24-11-14-3-6-20-7-4-14)26-19(25-16)17-13-22-8-9-23-17/h1-2,5,8-10,12-14,20H,3-4,6-7,11H2,(H,24,25,26). The van der Waals surface area contributed by atoms with E-state index in [-0.39, 0.29) is 0 Å². The van der Waals surface area contributed by atoms with Crippen molar-refractivity contribution < 1.29 is 0 Å². The summed E-state index contributed by atoms with van der Waals surface area (Å²) in [7, 11) is 0. The largest absolute Gasteiger partial charge is 0.370 e. The van der Waals surface area contributed by atoms with Crippen molar-refractivity contribution in [3.05, 3.63) is 49.2 Å². The van der Waals surface area contributed by atoms with E-state index in [4.69, 9.17) is 0 Å². The molecule has 0 unspecified atom stereocenters. The third-order valence-electron chi connectivity index (χ3n) is 4.51. The van der Waals surface area contributed by atoms with E-state index in [9.17, 15) is 0 Å². The number of hydrogen-bond acceptors (Lipinski definition) is 7. The number of pyridine rings is 1. The van der Waals surface area contributed by atoms with Gasteiger partial charge in [0.25, 0.3) is 0 Å². The molecule has 0 spiro atoms. The molecule has 3 aromatic rings. The molecule has 4 rings (SSSR count). The molecule has 3 aromatic heterocycles. The third-order valence-corrected chi connectivity index (χ3v) is 4.51. The lowest BCUT2D eigenvalue weighted by atomic mass is 9.98. The summed E-state index contributed by atoms with van der Waals surface area (Å²) in [5, 5.41) is 6.89. The molecule has 0 aliphatic carbocycles. The molecule has 4 heterocycles. The number of rotatable bonds is 5. The molecule has 2 N–H and O–H groups in total. The van der Waals surface area contributed by atoms with Crippen LogP contribution < -0.4 is 10.6 Å². The van der Waals surface area contributed by atoms with Crippen molar-refractivity contribution in [2.75, 3.05) is 25.0 Å². The normalized spacial score (nSPS) is 14.9. The van der Waals surface area contributed by atoms with Crippen LogP contribution in [-0.2, 0) is 0 Å². The van der Waals surface area contributed by atoms with Gasteiger partial charge in [0.05, 0.1) is 11.9 Å². The molecular weight excluding hydrogens is 326 g/mol. The SMILES string of the molecule is c1cncc(-c2cc(NCC3CCNCC3)nc(-c3cnccn3)n2)c1. The molecule has 0 radical (unpaired) electrons. The van der Waals surface area contributed by atoms with Crippen LogP contribution in [0.15, 0.2) is 49.2 Å². The number of nitrogens with one attached hydrogen (secondary N) is 2. The van der Waals surface area contributed by atoms with E-state index in [0.29, 0.717) is 17.4 Å². The molecule has 0 aromatic carbocycles. The van der Waals surface area contributed by atoms with Crippen LogP contribution >= 0.6 is 0 Å². The summed E-state index contributed by atoms with van der Waals surface area (Å²) in [6, 6.07) is 5.87. The number of hydrogen-bond donors (Lipinski definition) is 2. The maximum Gasteiger partial charge on any atom is 0.182 e. The van der Waals surface area contributed by atoms with Crippen LogP contribution in [0.2, 0.25) is 0 Å².